The van der Waals surface area contributed by atoms with E-state index >= 15 is 0 Å². The Balaban J connectivity index is 0.00000210. The van der Waals surface area contributed by atoms with E-state index in [-0.39, 0.29) is 24.0 Å². The maximum absolute atomic E-state index is 2.67. The Bertz CT molecular complexity index is 677. The molecule has 2 fully saturated rings. The van der Waals surface area contributed by atoms with Crippen LogP contribution in [0, 0.1) is 5.41 Å². The second-order valence-electron chi connectivity index (χ2n) is 9.00. The maximum atomic E-state index is 2.67. The molecule has 1 aliphatic carbocycles. The quantitative estimate of drug-likeness (QED) is 0.465. The molecule has 4 heteroatoms. The Morgan fingerprint density at radius 2 is 1.44 bits per heavy atom. The van der Waals surface area contributed by atoms with Crippen molar-refractivity contribution in [2.24, 2.45) is 5.41 Å². The minimum absolute atomic E-state index is 0. The average molecular weight is 479 g/mol. The van der Waals surface area contributed by atoms with Crippen LogP contribution in [-0.4, -0.2) is 54.5 Å². The van der Waals surface area contributed by atoms with E-state index in [1.165, 1.54) is 50.9 Å². The number of anilines is 1. The van der Waals surface area contributed by atoms with Gasteiger partial charge in [-0.05, 0) is 30.4 Å². The summed E-state index contributed by atoms with van der Waals surface area (Å²) in [7, 11) is 0. The molecule has 0 N–H and O–H groups in total. The second-order valence-corrected chi connectivity index (χ2v) is 9.00. The first-order chi connectivity index (χ1) is 12.6. The van der Waals surface area contributed by atoms with E-state index in [1.54, 1.807) is 11.4 Å². The number of hydrogen-bond donors (Lipinski definition) is 0. The number of piperidine rings is 1. The summed E-state index contributed by atoms with van der Waals surface area (Å²) < 4.78 is 2.67. The molecule has 1 aromatic carbocycles. The monoisotopic (exact) mass is 479 g/mol. The number of rotatable bonds is 2. The normalized spacial score (nSPS) is 23.0. The van der Waals surface area contributed by atoms with Crippen LogP contribution in [0.2, 0.25) is 0 Å². The average Bonchev–Trinajstić information content (AvgIpc) is 2.68. The van der Waals surface area contributed by atoms with Crippen LogP contribution < -0.4 is 28.9 Å². The highest BCUT2D eigenvalue weighted by molar-refractivity contribution is 5.92. The maximum Gasteiger partial charge on any atom is 0.178 e. The molecule has 1 aromatic rings. The predicted octanol–water partition coefficient (Wildman–Crippen LogP) is 1.15. The Morgan fingerprint density at radius 3 is 2.11 bits per heavy atom. The zero-order chi connectivity index (χ0) is 18.0. The third-order valence-electron chi connectivity index (χ3n) is 6.22. The molecule has 3 nitrogen and oxygen atoms in total. The van der Waals surface area contributed by atoms with Crippen LogP contribution in [0.25, 0.3) is 0 Å². The number of benzene rings is 1. The van der Waals surface area contributed by atoms with Crippen molar-refractivity contribution in [1.82, 2.24) is 4.90 Å². The zero-order valence-electron chi connectivity index (χ0n) is 17.0. The molecule has 3 aliphatic rings. The molecule has 4 rings (SSSR count). The number of piperazine rings is 1. The summed E-state index contributed by atoms with van der Waals surface area (Å²) >= 11 is 0. The fraction of sp³-hybridized carbons (Fsp3) is 0.609. The zero-order valence-corrected chi connectivity index (χ0v) is 19.1. The third-order valence-corrected chi connectivity index (χ3v) is 6.22. The molecule has 0 aromatic heterocycles. The molecule has 0 saturated carbocycles. The van der Waals surface area contributed by atoms with Crippen molar-refractivity contribution in [3.8, 4) is 0 Å². The van der Waals surface area contributed by atoms with Crippen LogP contribution in [0.1, 0.15) is 46.0 Å². The van der Waals surface area contributed by atoms with Gasteiger partial charge in [0.25, 0.3) is 0 Å². The van der Waals surface area contributed by atoms with E-state index in [0.717, 1.165) is 26.2 Å². The highest BCUT2D eigenvalue weighted by atomic mass is 127. The van der Waals surface area contributed by atoms with Gasteiger partial charge in [0.05, 0.1) is 0 Å². The van der Waals surface area contributed by atoms with E-state index in [2.05, 4.69) is 64.6 Å². The van der Waals surface area contributed by atoms with E-state index in [1.807, 2.05) is 0 Å². The summed E-state index contributed by atoms with van der Waals surface area (Å²) in [5, 5.41) is 0. The standard InChI is InChI=1S/C23H34N3.HI/c1-23(2)18-21(24-11-7-4-8-12-24)17-22(19-23)26-15-13-25(14-16-26)20-9-5-3-6-10-20;/h3,5-6,9-10,17H,4,7-8,11-16,18-19H2,1-2H3;1H/q+1;/p-1. The fourth-order valence-corrected chi connectivity index (χ4v) is 4.82. The van der Waals surface area contributed by atoms with Gasteiger partial charge in [-0.15, -0.1) is 0 Å². The van der Waals surface area contributed by atoms with Crippen molar-refractivity contribution in [3.05, 3.63) is 42.1 Å². The van der Waals surface area contributed by atoms with Gasteiger partial charge < -0.3 is 33.8 Å². The van der Waals surface area contributed by atoms with Gasteiger partial charge in [0, 0.05) is 62.9 Å². The number of allylic oxidation sites excluding steroid dienone is 2. The molecule has 148 valence electrons. The largest absolute Gasteiger partial charge is 1.00 e. The van der Waals surface area contributed by atoms with Crippen LogP contribution in [0.15, 0.2) is 42.1 Å². The van der Waals surface area contributed by atoms with Gasteiger partial charge in [0.2, 0.25) is 0 Å². The van der Waals surface area contributed by atoms with Crippen molar-refractivity contribution in [2.45, 2.75) is 46.0 Å². The molecule has 2 aliphatic heterocycles. The number of nitrogens with zero attached hydrogens (tertiary/aromatic N) is 3. The fourth-order valence-electron chi connectivity index (χ4n) is 4.82. The molecule has 0 amide bonds. The third kappa shape index (κ3) is 5.07. The van der Waals surface area contributed by atoms with Crippen molar-refractivity contribution in [2.75, 3.05) is 44.2 Å². The van der Waals surface area contributed by atoms with Gasteiger partial charge in [-0.1, -0.05) is 32.0 Å². The molecule has 0 radical (unpaired) electrons. The van der Waals surface area contributed by atoms with Crippen molar-refractivity contribution < 1.29 is 28.6 Å². The summed E-state index contributed by atoms with van der Waals surface area (Å²) in [5.41, 5.74) is 4.93. The van der Waals surface area contributed by atoms with Gasteiger partial charge in [0.15, 0.2) is 5.71 Å². The van der Waals surface area contributed by atoms with Crippen LogP contribution in [-0.2, 0) is 0 Å². The lowest BCUT2D eigenvalue weighted by atomic mass is 9.77. The van der Waals surface area contributed by atoms with Gasteiger partial charge in [0.1, 0.15) is 13.1 Å². The minimum atomic E-state index is 0. The molecular formula is C23H34IN3. The highest BCUT2D eigenvalue weighted by Crippen LogP contribution is 2.36. The van der Waals surface area contributed by atoms with Gasteiger partial charge in [-0.25, -0.2) is 4.58 Å². The number of halogens is 1. The predicted molar refractivity (Wildman–Crippen MR) is 110 cm³/mol. The molecule has 0 spiro atoms. The van der Waals surface area contributed by atoms with Gasteiger partial charge in [-0.3, -0.25) is 0 Å². The van der Waals surface area contributed by atoms with Crippen molar-refractivity contribution in [3.63, 3.8) is 0 Å². The van der Waals surface area contributed by atoms with Crippen LogP contribution >= 0.6 is 0 Å². The topological polar surface area (TPSA) is 9.49 Å². The molecule has 0 unspecified atom stereocenters. The second kappa shape index (κ2) is 8.97. The lowest BCUT2D eigenvalue weighted by Gasteiger charge is -2.41. The molecule has 0 atom stereocenters. The van der Waals surface area contributed by atoms with Crippen molar-refractivity contribution >= 4 is 11.4 Å². The van der Waals surface area contributed by atoms with E-state index in [9.17, 15) is 0 Å². The van der Waals surface area contributed by atoms with Crippen LogP contribution in [0.4, 0.5) is 5.69 Å². The number of para-hydroxylation sites is 1. The molecule has 0 bridgehead atoms. The smallest absolute Gasteiger partial charge is 0.178 e. The molecule has 27 heavy (non-hydrogen) atoms. The summed E-state index contributed by atoms with van der Waals surface area (Å²) in [5.74, 6) is 0. The summed E-state index contributed by atoms with van der Waals surface area (Å²) in [4.78, 5) is 5.19. The first-order valence-corrected chi connectivity index (χ1v) is 10.5. The first kappa shape index (κ1) is 20.7. The molecule has 2 saturated heterocycles. The summed E-state index contributed by atoms with van der Waals surface area (Å²) in [6, 6.07) is 10.9. The summed E-state index contributed by atoms with van der Waals surface area (Å²) in [6.45, 7) is 12.0. The van der Waals surface area contributed by atoms with Gasteiger partial charge in [-0.2, -0.15) is 0 Å². The number of hydrogen-bond acceptors (Lipinski definition) is 2. The Morgan fingerprint density at radius 1 is 0.815 bits per heavy atom. The SMILES string of the molecule is CC1(C)CC(N2CCN(c3ccccc3)CC2)=CC(=[N+]2CCCCC2)C1.[I-]. The Kier molecular flexibility index (Phi) is 6.88. The van der Waals surface area contributed by atoms with E-state index in [0.29, 0.717) is 5.41 Å². The Labute approximate surface area is 182 Å². The lowest BCUT2D eigenvalue weighted by Crippen LogP contribution is -3.00. The first-order valence-electron chi connectivity index (χ1n) is 10.5. The molecular weight excluding hydrogens is 445 g/mol. The highest BCUT2D eigenvalue weighted by Gasteiger charge is 2.34. The van der Waals surface area contributed by atoms with E-state index < -0.39 is 0 Å². The van der Waals surface area contributed by atoms with Gasteiger partial charge >= 0.3 is 0 Å². The van der Waals surface area contributed by atoms with Crippen LogP contribution in [0.5, 0.6) is 0 Å². The lowest BCUT2D eigenvalue weighted by molar-refractivity contribution is -0.538. The molecule has 2 heterocycles. The Hall–Kier alpha value is -1.04. The minimum Gasteiger partial charge on any atom is -1.00 e. The van der Waals surface area contributed by atoms with E-state index in [4.69, 9.17) is 0 Å². The van der Waals surface area contributed by atoms with Crippen LogP contribution in [0.3, 0.4) is 0 Å². The summed E-state index contributed by atoms with van der Waals surface area (Å²) in [6.07, 6.45) is 9.14. The van der Waals surface area contributed by atoms with Crippen molar-refractivity contribution in [1.29, 1.82) is 0 Å².